The third-order valence-electron chi connectivity index (χ3n) is 2.76. The standard InChI is InChI=1S/C13H22N2OS/c1-10(5-3-6-11(2)14)13(16)15-9-12-7-4-8-17-12/h4,7-8,10-11H,3,5-6,9,14H2,1-2H3,(H,15,16). The largest absolute Gasteiger partial charge is 0.351 e. The van der Waals surface area contributed by atoms with Crippen LogP contribution in [-0.4, -0.2) is 11.9 Å². The molecule has 0 aromatic carbocycles. The Kier molecular flexibility index (Phi) is 6.22. The molecule has 0 bridgehead atoms. The topological polar surface area (TPSA) is 55.1 Å². The molecule has 0 aliphatic carbocycles. The Labute approximate surface area is 107 Å². The third-order valence-corrected chi connectivity index (χ3v) is 3.64. The van der Waals surface area contributed by atoms with E-state index in [1.54, 1.807) is 11.3 Å². The van der Waals surface area contributed by atoms with E-state index in [0.29, 0.717) is 6.54 Å². The van der Waals surface area contributed by atoms with Gasteiger partial charge in [0.15, 0.2) is 0 Å². The van der Waals surface area contributed by atoms with E-state index >= 15 is 0 Å². The minimum Gasteiger partial charge on any atom is -0.351 e. The zero-order chi connectivity index (χ0) is 12.7. The SMILES string of the molecule is CC(N)CCCC(C)C(=O)NCc1cccs1. The summed E-state index contributed by atoms with van der Waals surface area (Å²) in [7, 11) is 0. The lowest BCUT2D eigenvalue weighted by atomic mass is 10.0. The van der Waals surface area contributed by atoms with Gasteiger partial charge in [-0.05, 0) is 31.2 Å². The molecular weight excluding hydrogens is 232 g/mol. The van der Waals surface area contributed by atoms with E-state index in [4.69, 9.17) is 5.73 Å². The van der Waals surface area contributed by atoms with Crippen molar-refractivity contribution in [2.24, 2.45) is 11.7 Å². The van der Waals surface area contributed by atoms with Crippen molar-refractivity contribution in [1.82, 2.24) is 5.32 Å². The van der Waals surface area contributed by atoms with E-state index in [1.807, 2.05) is 31.4 Å². The maximum absolute atomic E-state index is 11.8. The molecule has 3 nitrogen and oxygen atoms in total. The number of thiophene rings is 1. The van der Waals surface area contributed by atoms with Crippen LogP contribution in [0.5, 0.6) is 0 Å². The first-order valence-corrected chi connectivity index (χ1v) is 7.03. The fraction of sp³-hybridized carbons (Fsp3) is 0.615. The van der Waals surface area contributed by atoms with Crippen LogP contribution in [0, 0.1) is 5.92 Å². The van der Waals surface area contributed by atoms with Crippen LogP contribution in [0.1, 0.15) is 38.0 Å². The van der Waals surface area contributed by atoms with Crippen molar-refractivity contribution in [3.8, 4) is 0 Å². The smallest absolute Gasteiger partial charge is 0.223 e. The molecule has 0 aliphatic heterocycles. The summed E-state index contributed by atoms with van der Waals surface area (Å²) in [4.78, 5) is 13.0. The quantitative estimate of drug-likeness (QED) is 0.785. The van der Waals surface area contributed by atoms with Gasteiger partial charge in [0, 0.05) is 16.8 Å². The number of nitrogens with two attached hydrogens (primary N) is 1. The fourth-order valence-electron chi connectivity index (χ4n) is 1.64. The molecule has 0 spiro atoms. The van der Waals surface area contributed by atoms with Gasteiger partial charge in [-0.15, -0.1) is 11.3 Å². The van der Waals surface area contributed by atoms with Gasteiger partial charge in [0.1, 0.15) is 0 Å². The van der Waals surface area contributed by atoms with Crippen LogP contribution in [0.4, 0.5) is 0 Å². The van der Waals surface area contributed by atoms with Gasteiger partial charge >= 0.3 is 0 Å². The lowest BCUT2D eigenvalue weighted by molar-refractivity contribution is -0.124. The minimum atomic E-state index is 0.0775. The van der Waals surface area contributed by atoms with E-state index in [2.05, 4.69) is 5.32 Å². The molecule has 0 saturated carbocycles. The first-order chi connectivity index (χ1) is 8.09. The van der Waals surface area contributed by atoms with Crippen LogP contribution in [0.25, 0.3) is 0 Å². The molecule has 0 aliphatic rings. The van der Waals surface area contributed by atoms with Gasteiger partial charge in [0.05, 0.1) is 6.54 Å². The summed E-state index contributed by atoms with van der Waals surface area (Å²) < 4.78 is 0. The predicted molar refractivity (Wildman–Crippen MR) is 72.8 cm³/mol. The molecule has 2 atom stereocenters. The normalized spacial score (nSPS) is 14.3. The molecule has 17 heavy (non-hydrogen) atoms. The molecular formula is C13H22N2OS. The first-order valence-electron chi connectivity index (χ1n) is 6.15. The van der Waals surface area contributed by atoms with Gasteiger partial charge in [0.25, 0.3) is 0 Å². The van der Waals surface area contributed by atoms with E-state index in [9.17, 15) is 4.79 Å². The number of rotatable bonds is 7. The first kappa shape index (κ1) is 14.2. The average molecular weight is 254 g/mol. The van der Waals surface area contributed by atoms with Gasteiger partial charge in [-0.2, -0.15) is 0 Å². The molecule has 1 heterocycles. The number of amides is 1. The van der Waals surface area contributed by atoms with E-state index in [1.165, 1.54) is 4.88 Å². The number of carbonyl (C=O) groups excluding carboxylic acids is 1. The average Bonchev–Trinajstić information content (AvgIpc) is 2.78. The van der Waals surface area contributed by atoms with Crippen molar-refractivity contribution in [2.75, 3.05) is 0 Å². The molecule has 1 aromatic rings. The van der Waals surface area contributed by atoms with Crippen molar-refractivity contribution in [1.29, 1.82) is 0 Å². The van der Waals surface area contributed by atoms with Crippen LogP contribution in [0.2, 0.25) is 0 Å². The van der Waals surface area contributed by atoms with Crippen molar-refractivity contribution in [3.63, 3.8) is 0 Å². The summed E-state index contributed by atoms with van der Waals surface area (Å²) in [6.07, 6.45) is 2.92. The Morgan fingerprint density at radius 3 is 2.82 bits per heavy atom. The Hall–Kier alpha value is -0.870. The highest BCUT2D eigenvalue weighted by Crippen LogP contribution is 2.11. The third kappa shape index (κ3) is 5.84. The molecule has 0 radical (unpaired) electrons. The lowest BCUT2D eigenvalue weighted by Crippen LogP contribution is -2.28. The second-order valence-corrected chi connectivity index (χ2v) is 5.64. The molecule has 4 heteroatoms. The maximum atomic E-state index is 11.8. The summed E-state index contributed by atoms with van der Waals surface area (Å²) in [5.74, 6) is 0.219. The summed E-state index contributed by atoms with van der Waals surface area (Å²) in [5.41, 5.74) is 5.68. The minimum absolute atomic E-state index is 0.0775. The monoisotopic (exact) mass is 254 g/mol. The van der Waals surface area contributed by atoms with Crippen LogP contribution >= 0.6 is 11.3 Å². The van der Waals surface area contributed by atoms with Crippen molar-refractivity contribution in [3.05, 3.63) is 22.4 Å². The van der Waals surface area contributed by atoms with E-state index < -0.39 is 0 Å². The number of carbonyl (C=O) groups is 1. The van der Waals surface area contributed by atoms with E-state index in [-0.39, 0.29) is 17.9 Å². The number of hydrogen-bond acceptors (Lipinski definition) is 3. The Balaban J connectivity index is 2.18. The highest BCUT2D eigenvalue weighted by Gasteiger charge is 2.12. The lowest BCUT2D eigenvalue weighted by Gasteiger charge is -2.12. The number of hydrogen-bond donors (Lipinski definition) is 2. The zero-order valence-corrected chi connectivity index (χ0v) is 11.4. The van der Waals surface area contributed by atoms with Gasteiger partial charge in [-0.1, -0.05) is 19.4 Å². The summed E-state index contributed by atoms with van der Waals surface area (Å²) in [6.45, 7) is 4.63. The van der Waals surface area contributed by atoms with Crippen LogP contribution < -0.4 is 11.1 Å². The highest BCUT2D eigenvalue weighted by molar-refractivity contribution is 7.09. The molecule has 3 N–H and O–H groups in total. The number of nitrogens with one attached hydrogen (secondary N) is 1. The van der Waals surface area contributed by atoms with Crippen molar-refractivity contribution < 1.29 is 4.79 Å². The highest BCUT2D eigenvalue weighted by atomic mass is 32.1. The van der Waals surface area contributed by atoms with Crippen LogP contribution in [0.3, 0.4) is 0 Å². The molecule has 0 saturated heterocycles. The van der Waals surface area contributed by atoms with Gasteiger partial charge in [-0.25, -0.2) is 0 Å². The van der Waals surface area contributed by atoms with Crippen LogP contribution in [0.15, 0.2) is 17.5 Å². The molecule has 0 fully saturated rings. The van der Waals surface area contributed by atoms with E-state index in [0.717, 1.165) is 19.3 Å². The van der Waals surface area contributed by atoms with Gasteiger partial charge in [-0.3, -0.25) is 4.79 Å². The Morgan fingerprint density at radius 1 is 1.47 bits per heavy atom. The van der Waals surface area contributed by atoms with Gasteiger partial charge in [0.2, 0.25) is 5.91 Å². The second-order valence-electron chi connectivity index (χ2n) is 4.61. The maximum Gasteiger partial charge on any atom is 0.223 e. The van der Waals surface area contributed by atoms with Crippen LogP contribution in [-0.2, 0) is 11.3 Å². The Morgan fingerprint density at radius 2 is 2.24 bits per heavy atom. The molecule has 1 aromatic heterocycles. The molecule has 1 amide bonds. The van der Waals surface area contributed by atoms with Crippen molar-refractivity contribution >= 4 is 17.2 Å². The summed E-state index contributed by atoms with van der Waals surface area (Å²) in [5, 5.41) is 4.98. The predicted octanol–water partition coefficient (Wildman–Crippen LogP) is 2.52. The molecule has 1 rings (SSSR count). The second kappa shape index (κ2) is 7.45. The molecule has 2 unspecified atom stereocenters. The van der Waals surface area contributed by atoms with Crippen molar-refractivity contribution in [2.45, 2.75) is 45.7 Å². The summed E-state index contributed by atoms with van der Waals surface area (Å²) in [6, 6.07) is 4.26. The van der Waals surface area contributed by atoms with Gasteiger partial charge < -0.3 is 11.1 Å². The Bertz CT molecular complexity index is 322. The summed E-state index contributed by atoms with van der Waals surface area (Å²) >= 11 is 1.67. The zero-order valence-electron chi connectivity index (χ0n) is 10.6. The molecule has 96 valence electrons. The fourth-order valence-corrected chi connectivity index (χ4v) is 2.28.